The van der Waals surface area contributed by atoms with Gasteiger partial charge in [0.15, 0.2) is 0 Å². The summed E-state index contributed by atoms with van der Waals surface area (Å²) in [6.45, 7) is 1.54. The van der Waals surface area contributed by atoms with E-state index in [9.17, 15) is 4.79 Å². The fourth-order valence-electron chi connectivity index (χ4n) is 0.791. The Hall–Kier alpha value is -1.58. The van der Waals surface area contributed by atoms with Crippen molar-refractivity contribution in [3.8, 4) is 0 Å². The molecule has 1 aromatic rings. The highest BCUT2D eigenvalue weighted by Crippen LogP contribution is 2.02. The zero-order valence-electron chi connectivity index (χ0n) is 6.98. The molecule has 0 aliphatic rings. The smallest absolute Gasteiger partial charge is 0.331 e. The summed E-state index contributed by atoms with van der Waals surface area (Å²) in [5.41, 5.74) is 0.950. The molecule has 0 spiro atoms. The molecule has 0 atom stereocenters. The van der Waals surface area contributed by atoms with Crippen LogP contribution in [0.5, 0.6) is 0 Å². The third-order valence-electron chi connectivity index (χ3n) is 1.43. The molecule has 0 aliphatic heterocycles. The van der Waals surface area contributed by atoms with E-state index in [4.69, 9.17) is 5.11 Å². The summed E-state index contributed by atoms with van der Waals surface area (Å²) in [5.74, 6) is -0.916. The van der Waals surface area contributed by atoms with Crippen LogP contribution in [0.3, 0.4) is 0 Å². The number of aliphatic carboxylic acids is 1. The second kappa shape index (κ2) is 3.21. The average molecular weight is 166 g/mol. The van der Waals surface area contributed by atoms with Crippen molar-refractivity contribution >= 4 is 12.0 Å². The molecule has 1 N–H and O–H groups in total. The lowest BCUT2D eigenvalue weighted by Crippen LogP contribution is -1.95. The molecule has 1 heterocycles. The first kappa shape index (κ1) is 8.52. The monoisotopic (exact) mass is 166 g/mol. The Kier molecular flexibility index (Phi) is 2.28. The summed E-state index contributed by atoms with van der Waals surface area (Å²) < 4.78 is 1.76. The standard InChI is InChI=1S/C8H10N2O2/c1-6(8(11)12)3-7-4-10(2)5-9-7/h3-5H,1-2H3,(H,11,12)/b6-3+. The van der Waals surface area contributed by atoms with E-state index in [-0.39, 0.29) is 5.57 Å². The fraction of sp³-hybridized carbons (Fsp3) is 0.250. The summed E-state index contributed by atoms with van der Waals surface area (Å²) in [7, 11) is 1.83. The van der Waals surface area contributed by atoms with Crippen molar-refractivity contribution in [2.75, 3.05) is 0 Å². The molecule has 4 nitrogen and oxygen atoms in total. The molecule has 1 rings (SSSR count). The third-order valence-corrected chi connectivity index (χ3v) is 1.43. The second-order valence-corrected chi connectivity index (χ2v) is 2.60. The minimum Gasteiger partial charge on any atom is -0.478 e. The van der Waals surface area contributed by atoms with Gasteiger partial charge in [0.05, 0.1) is 12.0 Å². The lowest BCUT2D eigenvalue weighted by molar-refractivity contribution is -0.132. The van der Waals surface area contributed by atoms with Gasteiger partial charge in [-0.15, -0.1) is 0 Å². The zero-order valence-corrected chi connectivity index (χ0v) is 6.98. The van der Waals surface area contributed by atoms with Crippen LogP contribution >= 0.6 is 0 Å². The summed E-state index contributed by atoms with van der Waals surface area (Å²) in [6, 6.07) is 0. The Bertz CT molecular complexity index is 326. The number of hydrogen-bond acceptors (Lipinski definition) is 2. The van der Waals surface area contributed by atoms with Crippen LogP contribution in [-0.4, -0.2) is 20.6 Å². The highest BCUT2D eigenvalue weighted by atomic mass is 16.4. The quantitative estimate of drug-likeness (QED) is 0.664. The average Bonchev–Trinajstić information content (AvgIpc) is 2.35. The van der Waals surface area contributed by atoms with E-state index in [0.717, 1.165) is 0 Å². The Balaban J connectivity index is 2.87. The number of aryl methyl sites for hydroxylation is 1. The molecule has 0 bridgehead atoms. The fourth-order valence-corrected chi connectivity index (χ4v) is 0.791. The molecule has 0 amide bonds. The molecule has 1 aromatic heterocycles. The van der Waals surface area contributed by atoms with Gasteiger partial charge in [-0.05, 0) is 13.0 Å². The minimum atomic E-state index is -0.916. The maximum atomic E-state index is 10.4. The van der Waals surface area contributed by atoms with Crippen molar-refractivity contribution in [2.45, 2.75) is 6.92 Å². The summed E-state index contributed by atoms with van der Waals surface area (Å²) >= 11 is 0. The Morgan fingerprint density at radius 2 is 2.42 bits per heavy atom. The molecule has 0 unspecified atom stereocenters. The van der Waals surface area contributed by atoms with Crippen LogP contribution in [0.15, 0.2) is 18.1 Å². The highest BCUT2D eigenvalue weighted by molar-refractivity contribution is 5.90. The van der Waals surface area contributed by atoms with Crippen LogP contribution in [0.4, 0.5) is 0 Å². The lowest BCUT2D eigenvalue weighted by Gasteiger charge is -1.89. The van der Waals surface area contributed by atoms with Crippen molar-refractivity contribution in [3.63, 3.8) is 0 Å². The Morgan fingerprint density at radius 1 is 1.75 bits per heavy atom. The molecule has 0 fully saturated rings. The van der Waals surface area contributed by atoms with Gasteiger partial charge in [-0.2, -0.15) is 0 Å². The number of rotatable bonds is 2. The van der Waals surface area contributed by atoms with Crippen LogP contribution in [0.2, 0.25) is 0 Å². The lowest BCUT2D eigenvalue weighted by atomic mass is 10.2. The van der Waals surface area contributed by atoms with Crippen molar-refractivity contribution < 1.29 is 9.90 Å². The summed E-state index contributed by atoms with van der Waals surface area (Å²) in [6.07, 6.45) is 4.91. The molecule has 12 heavy (non-hydrogen) atoms. The number of nitrogens with zero attached hydrogens (tertiary/aromatic N) is 2. The van der Waals surface area contributed by atoms with Gasteiger partial charge in [0.25, 0.3) is 0 Å². The van der Waals surface area contributed by atoms with Gasteiger partial charge < -0.3 is 9.67 Å². The molecule has 64 valence electrons. The SMILES string of the molecule is C/C(=C\c1cn(C)cn1)C(=O)O. The number of aromatic nitrogens is 2. The maximum Gasteiger partial charge on any atom is 0.331 e. The largest absolute Gasteiger partial charge is 0.478 e. The number of hydrogen-bond donors (Lipinski definition) is 1. The van der Waals surface area contributed by atoms with E-state index in [1.807, 2.05) is 7.05 Å². The van der Waals surface area contributed by atoms with E-state index < -0.39 is 5.97 Å². The number of carbonyl (C=O) groups is 1. The summed E-state index contributed by atoms with van der Waals surface area (Å²) in [4.78, 5) is 14.4. The zero-order chi connectivity index (χ0) is 9.14. The molecule has 0 radical (unpaired) electrons. The first-order valence-electron chi connectivity index (χ1n) is 3.49. The van der Waals surface area contributed by atoms with Crippen LogP contribution in [0.25, 0.3) is 6.08 Å². The topological polar surface area (TPSA) is 55.1 Å². The number of carboxylic acids is 1. The second-order valence-electron chi connectivity index (χ2n) is 2.60. The predicted octanol–water partition coefficient (Wildman–Crippen LogP) is 0.908. The van der Waals surface area contributed by atoms with Crippen molar-refractivity contribution in [2.24, 2.45) is 7.05 Å². The van der Waals surface area contributed by atoms with Gasteiger partial charge >= 0.3 is 5.97 Å². The van der Waals surface area contributed by atoms with Crippen LogP contribution < -0.4 is 0 Å². The highest BCUT2D eigenvalue weighted by Gasteiger charge is 2.00. The van der Waals surface area contributed by atoms with Gasteiger partial charge in [0.2, 0.25) is 0 Å². The summed E-state index contributed by atoms with van der Waals surface area (Å²) in [5, 5.41) is 8.55. The predicted molar refractivity (Wildman–Crippen MR) is 44.5 cm³/mol. The van der Waals surface area contributed by atoms with Crippen molar-refractivity contribution in [1.82, 2.24) is 9.55 Å². The first-order chi connectivity index (χ1) is 5.59. The first-order valence-corrected chi connectivity index (χ1v) is 3.49. The van der Waals surface area contributed by atoms with Gasteiger partial charge in [-0.3, -0.25) is 0 Å². The van der Waals surface area contributed by atoms with Gasteiger partial charge in [-0.1, -0.05) is 0 Å². The van der Waals surface area contributed by atoms with Crippen LogP contribution in [-0.2, 0) is 11.8 Å². The van der Waals surface area contributed by atoms with Crippen LogP contribution in [0.1, 0.15) is 12.6 Å². The molecular weight excluding hydrogens is 156 g/mol. The molecular formula is C8H10N2O2. The maximum absolute atomic E-state index is 10.4. The van der Waals surface area contributed by atoms with E-state index in [1.165, 1.54) is 13.0 Å². The number of carboxylic acid groups (broad SMARTS) is 1. The van der Waals surface area contributed by atoms with Crippen molar-refractivity contribution in [3.05, 3.63) is 23.8 Å². The minimum absolute atomic E-state index is 0.286. The Morgan fingerprint density at radius 3 is 2.83 bits per heavy atom. The van der Waals surface area contributed by atoms with E-state index in [1.54, 1.807) is 17.1 Å². The van der Waals surface area contributed by atoms with E-state index in [2.05, 4.69) is 4.98 Å². The normalized spacial score (nSPS) is 11.7. The Labute approximate surface area is 70.2 Å². The molecule has 4 heteroatoms. The molecule has 0 saturated carbocycles. The molecule has 0 saturated heterocycles. The van der Waals surface area contributed by atoms with Gasteiger partial charge in [0.1, 0.15) is 0 Å². The van der Waals surface area contributed by atoms with Gasteiger partial charge in [0, 0.05) is 18.8 Å². The van der Waals surface area contributed by atoms with E-state index >= 15 is 0 Å². The van der Waals surface area contributed by atoms with E-state index in [0.29, 0.717) is 5.69 Å². The number of imidazole rings is 1. The van der Waals surface area contributed by atoms with Gasteiger partial charge in [-0.25, -0.2) is 9.78 Å². The molecule has 0 aromatic carbocycles. The van der Waals surface area contributed by atoms with Crippen LogP contribution in [0, 0.1) is 0 Å². The third kappa shape index (κ3) is 1.95. The molecule has 0 aliphatic carbocycles. The van der Waals surface area contributed by atoms with Crippen molar-refractivity contribution in [1.29, 1.82) is 0 Å².